The molecule has 298 valence electrons. The summed E-state index contributed by atoms with van der Waals surface area (Å²) in [5.74, 6) is -0.738. The molecule has 8 rings (SSSR count). The summed E-state index contributed by atoms with van der Waals surface area (Å²) >= 11 is 0. The normalized spacial score (nSPS) is 16.2. The summed E-state index contributed by atoms with van der Waals surface area (Å²) in [6, 6.07) is 17.9. The van der Waals surface area contributed by atoms with Crippen LogP contribution in [0.3, 0.4) is 0 Å². The number of aromatic nitrogens is 2. The zero-order valence-electron chi connectivity index (χ0n) is 29.4. The highest BCUT2D eigenvalue weighted by atomic mass is 32.2. The Balaban J connectivity index is 0.000000174. The minimum atomic E-state index is -4.11. The first-order chi connectivity index (χ1) is 26.9. The molecule has 0 saturated carbocycles. The first-order valence-electron chi connectivity index (χ1n) is 16.7. The topological polar surface area (TPSA) is 219 Å². The van der Waals surface area contributed by atoms with Gasteiger partial charge in [-0.1, -0.05) is 6.07 Å². The number of aromatic amines is 2. The third kappa shape index (κ3) is 8.58. The Bertz CT molecular complexity index is 2910. The SMILES string of the molecule is CS(=O)(=O)c1ccc2c(S(=O)(=O)Nc3ccc4c(c3)OC(F)(F)O4)c[nH]c2c1.N#Cc1ccc(NS(=O)(=O)c2c[nH]c3cc(OCC4CCCO4)ccc23)c(F)c1. The number of hydrogen-bond donors (Lipinski definition) is 4. The van der Waals surface area contributed by atoms with Crippen LogP contribution in [0.4, 0.5) is 24.5 Å². The molecule has 0 radical (unpaired) electrons. The first-order valence-corrected chi connectivity index (χ1v) is 21.6. The van der Waals surface area contributed by atoms with E-state index in [4.69, 9.17) is 14.7 Å². The van der Waals surface area contributed by atoms with Gasteiger partial charge in [0.05, 0.1) is 39.5 Å². The van der Waals surface area contributed by atoms with E-state index < -0.39 is 42.0 Å². The molecule has 2 aromatic heterocycles. The highest BCUT2D eigenvalue weighted by Gasteiger charge is 2.43. The number of sulfonamides is 2. The minimum Gasteiger partial charge on any atom is -0.491 e. The number of fused-ring (bicyclic) bond motifs is 3. The standard InChI is InChI=1S/C20H18FN3O4S.C16H12F2N2O6S2/c21-17-8-13(10-22)3-6-18(17)24-29(25,26)20-11-23-19-9-14(4-5-16(19)20)28-12-15-2-1-7-27-15;1-27(21,22)10-3-4-11-12(7-10)19-8-15(11)28(23,24)20-9-2-5-13-14(6-9)26-16(17,18)25-13/h3-6,8-9,11,15,23-24H,1-2,7,12H2;2-8,19-20H,1H3. The van der Waals surface area contributed by atoms with Crippen LogP contribution >= 0.6 is 0 Å². The molecule has 2 aliphatic rings. The van der Waals surface area contributed by atoms with E-state index >= 15 is 0 Å². The predicted octanol–water partition coefficient (Wildman–Crippen LogP) is 6.23. The van der Waals surface area contributed by atoms with Gasteiger partial charge in [0.15, 0.2) is 21.3 Å². The molecule has 1 fully saturated rings. The van der Waals surface area contributed by atoms with Crippen LogP contribution < -0.4 is 23.7 Å². The summed E-state index contributed by atoms with van der Waals surface area (Å²) in [5.41, 5.74) is 0.759. The maximum absolute atomic E-state index is 14.1. The zero-order valence-corrected chi connectivity index (χ0v) is 31.8. The van der Waals surface area contributed by atoms with Crippen LogP contribution in [0.2, 0.25) is 0 Å². The molecule has 4 aromatic carbocycles. The number of alkyl halides is 2. The van der Waals surface area contributed by atoms with E-state index in [2.05, 4.69) is 28.9 Å². The number of rotatable bonds is 10. The number of nitrogens with zero attached hydrogens (tertiary/aromatic N) is 1. The Morgan fingerprint density at radius 1 is 0.842 bits per heavy atom. The molecular formula is C36H30F3N5O10S3. The van der Waals surface area contributed by atoms with E-state index in [9.17, 15) is 38.4 Å². The van der Waals surface area contributed by atoms with Crippen molar-refractivity contribution < 1.29 is 57.4 Å². The van der Waals surface area contributed by atoms with Crippen LogP contribution in [-0.4, -0.2) is 67.1 Å². The van der Waals surface area contributed by atoms with E-state index in [1.807, 2.05) is 0 Å². The van der Waals surface area contributed by atoms with Gasteiger partial charge in [-0.3, -0.25) is 9.44 Å². The van der Waals surface area contributed by atoms with Crippen molar-refractivity contribution in [1.82, 2.24) is 9.97 Å². The van der Waals surface area contributed by atoms with Crippen LogP contribution in [0.15, 0.2) is 99.9 Å². The summed E-state index contributed by atoms with van der Waals surface area (Å²) in [6.07, 6.45) is 1.85. The molecule has 2 aliphatic heterocycles. The molecular weight excluding hydrogens is 816 g/mol. The van der Waals surface area contributed by atoms with Crippen molar-refractivity contribution in [2.75, 3.05) is 28.9 Å². The highest BCUT2D eigenvalue weighted by Crippen LogP contribution is 2.42. The summed E-state index contributed by atoms with van der Waals surface area (Å²) in [6.45, 7) is 1.19. The van der Waals surface area contributed by atoms with Gasteiger partial charge in [-0.2, -0.15) is 5.26 Å². The van der Waals surface area contributed by atoms with Gasteiger partial charge in [0.2, 0.25) is 0 Å². The molecule has 57 heavy (non-hydrogen) atoms. The van der Waals surface area contributed by atoms with Gasteiger partial charge >= 0.3 is 6.29 Å². The number of halogens is 3. The monoisotopic (exact) mass is 845 g/mol. The molecule has 1 saturated heterocycles. The van der Waals surface area contributed by atoms with E-state index in [0.717, 1.165) is 43.9 Å². The van der Waals surface area contributed by atoms with Crippen LogP contribution in [0.1, 0.15) is 18.4 Å². The number of sulfone groups is 1. The lowest BCUT2D eigenvalue weighted by atomic mass is 10.2. The van der Waals surface area contributed by atoms with Gasteiger partial charge in [0.25, 0.3) is 20.0 Å². The Kier molecular flexibility index (Phi) is 10.2. The second kappa shape index (κ2) is 14.8. The molecule has 0 aliphatic carbocycles. The fraction of sp³-hybridized carbons (Fsp3) is 0.194. The third-order valence-electron chi connectivity index (χ3n) is 8.69. The third-order valence-corrected chi connectivity index (χ3v) is 12.6. The van der Waals surface area contributed by atoms with Crippen molar-refractivity contribution in [2.24, 2.45) is 0 Å². The molecule has 0 amide bonds. The fourth-order valence-electron chi connectivity index (χ4n) is 5.98. The number of H-pyrrole nitrogens is 2. The molecule has 1 atom stereocenters. The minimum absolute atomic E-state index is 0.0119. The van der Waals surface area contributed by atoms with E-state index in [-0.39, 0.29) is 54.6 Å². The summed E-state index contributed by atoms with van der Waals surface area (Å²) in [5, 5.41) is 9.52. The van der Waals surface area contributed by atoms with Crippen LogP contribution in [0.5, 0.6) is 17.2 Å². The molecule has 4 heterocycles. The van der Waals surface area contributed by atoms with E-state index in [1.165, 1.54) is 48.8 Å². The van der Waals surface area contributed by atoms with Crippen LogP contribution in [-0.2, 0) is 34.6 Å². The zero-order chi connectivity index (χ0) is 40.8. The van der Waals surface area contributed by atoms with E-state index in [0.29, 0.717) is 28.8 Å². The maximum Gasteiger partial charge on any atom is 0.586 e. The van der Waals surface area contributed by atoms with Crippen LogP contribution in [0.25, 0.3) is 21.8 Å². The smallest absolute Gasteiger partial charge is 0.491 e. The molecule has 1 unspecified atom stereocenters. The number of benzene rings is 4. The highest BCUT2D eigenvalue weighted by molar-refractivity contribution is 7.93. The lowest BCUT2D eigenvalue weighted by Crippen LogP contribution is -2.25. The average molecular weight is 846 g/mol. The Hall–Kier alpha value is -5.95. The fourth-order valence-corrected chi connectivity index (χ4v) is 9.10. The number of nitrogens with one attached hydrogen (secondary N) is 4. The number of hydrogen-bond acceptors (Lipinski definition) is 11. The molecule has 6 aromatic rings. The molecule has 4 N–H and O–H groups in total. The molecule has 21 heteroatoms. The van der Waals surface area contributed by atoms with Gasteiger partial charge in [0, 0.05) is 53.7 Å². The van der Waals surface area contributed by atoms with Gasteiger partial charge in [0.1, 0.15) is 28.0 Å². The van der Waals surface area contributed by atoms with Crippen LogP contribution in [0, 0.1) is 17.1 Å². The Labute approximate surface area is 323 Å². The summed E-state index contributed by atoms with van der Waals surface area (Å²) in [4.78, 5) is 5.52. The van der Waals surface area contributed by atoms with Gasteiger partial charge in [-0.25, -0.2) is 29.6 Å². The first kappa shape index (κ1) is 39.3. The number of anilines is 2. The van der Waals surface area contributed by atoms with Gasteiger partial charge < -0.3 is 28.9 Å². The van der Waals surface area contributed by atoms with Crippen molar-refractivity contribution in [3.8, 4) is 23.3 Å². The van der Waals surface area contributed by atoms with Crippen molar-refractivity contribution >= 4 is 63.1 Å². The van der Waals surface area contributed by atoms with Crippen molar-refractivity contribution in [2.45, 2.75) is 39.9 Å². The number of ether oxygens (including phenoxy) is 4. The predicted molar refractivity (Wildman–Crippen MR) is 200 cm³/mol. The molecule has 0 bridgehead atoms. The van der Waals surface area contributed by atoms with Crippen molar-refractivity contribution in [1.29, 1.82) is 5.26 Å². The lowest BCUT2D eigenvalue weighted by molar-refractivity contribution is -0.286. The second-order valence-corrected chi connectivity index (χ2v) is 18.1. The van der Waals surface area contributed by atoms with Gasteiger partial charge in [-0.05, 0) is 67.4 Å². The van der Waals surface area contributed by atoms with Crippen molar-refractivity contribution in [3.63, 3.8) is 0 Å². The quantitative estimate of drug-likeness (QED) is 0.121. The molecule has 0 spiro atoms. The van der Waals surface area contributed by atoms with E-state index in [1.54, 1.807) is 24.3 Å². The average Bonchev–Trinajstić information content (AvgIpc) is 3.96. The van der Waals surface area contributed by atoms with Gasteiger partial charge in [-0.15, -0.1) is 8.78 Å². The van der Waals surface area contributed by atoms with Crippen molar-refractivity contribution in [3.05, 3.63) is 96.6 Å². The Morgan fingerprint density at radius 3 is 2.16 bits per heavy atom. The second-order valence-electron chi connectivity index (χ2n) is 12.8. The Morgan fingerprint density at radius 2 is 1.51 bits per heavy atom. The lowest BCUT2D eigenvalue weighted by Gasteiger charge is -2.11. The molecule has 15 nitrogen and oxygen atoms in total. The summed E-state index contributed by atoms with van der Waals surface area (Å²) in [7, 11) is -11.6. The number of nitriles is 1. The largest absolute Gasteiger partial charge is 0.586 e. The summed E-state index contributed by atoms with van der Waals surface area (Å²) < 4.78 is 139. The maximum atomic E-state index is 14.1.